The molecule has 0 saturated carbocycles. The van der Waals surface area contributed by atoms with E-state index in [1.807, 2.05) is 30.3 Å². The van der Waals surface area contributed by atoms with E-state index in [9.17, 15) is 9.90 Å². The largest absolute Gasteiger partial charge is 0.506 e. The Labute approximate surface area is 136 Å². The van der Waals surface area contributed by atoms with Gasteiger partial charge in [0.05, 0.1) is 5.39 Å². The lowest BCUT2D eigenvalue weighted by Gasteiger charge is -2.06. The summed E-state index contributed by atoms with van der Waals surface area (Å²) in [6.07, 6.45) is 2.87. The second-order valence-corrected chi connectivity index (χ2v) is 5.26. The first-order valence-electron chi connectivity index (χ1n) is 7.36. The van der Waals surface area contributed by atoms with E-state index >= 15 is 0 Å². The average Bonchev–Trinajstić information content (AvgIpc) is 2.62. The van der Waals surface area contributed by atoms with Gasteiger partial charge in [0.15, 0.2) is 5.82 Å². The molecule has 5 nitrogen and oxygen atoms in total. The molecule has 0 amide bonds. The minimum atomic E-state index is -0.643. The maximum Gasteiger partial charge on any atom is 0.348 e. The highest BCUT2D eigenvalue weighted by Crippen LogP contribution is 2.31. The summed E-state index contributed by atoms with van der Waals surface area (Å²) in [5.74, 6) is 0.293. The standard InChI is InChI=1S/C19H12N2O3/c22-17-14-9-8-12-5-1-2-6-13(12)18(14)24-19(23)15(17)11-21-16-7-3-4-10-20-16/h1-11,22H. The minimum absolute atomic E-state index is 0.00318. The lowest BCUT2D eigenvalue weighted by atomic mass is 10.1. The zero-order valence-electron chi connectivity index (χ0n) is 12.5. The molecule has 2 aromatic heterocycles. The summed E-state index contributed by atoms with van der Waals surface area (Å²) in [5, 5.41) is 12.7. The van der Waals surface area contributed by atoms with E-state index in [0.29, 0.717) is 16.8 Å². The first-order valence-corrected chi connectivity index (χ1v) is 7.36. The third-order valence-corrected chi connectivity index (χ3v) is 3.78. The number of pyridine rings is 1. The van der Waals surface area contributed by atoms with Gasteiger partial charge in [0.25, 0.3) is 0 Å². The Balaban J connectivity index is 1.93. The summed E-state index contributed by atoms with van der Waals surface area (Å²) in [7, 11) is 0. The zero-order chi connectivity index (χ0) is 16.5. The summed E-state index contributed by atoms with van der Waals surface area (Å²) >= 11 is 0. The van der Waals surface area contributed by atoms with Gasteiger partial charge in [-0.3, -0.25) is 0 Å². The van der Waals surface area contributed by atoms with E-state index in [1.165, 1.54) is 6.21 Å². The number of hydrogen-bond donors (Lipinski definition) is 1. The van der Waals surface area contributed by atoms with Crippen LogP contribution < -0.4 is 5.63 Å². The average molecular weight is 316 g/mol. The van der Waals surface area contributed by atoms with Crippen molar-refractivity contribution in [3.05, 3.63) is 76.8 Å². The molecule has 0 spiro atoms. The van der Waals surface area contributed by atoms with Crippen molar-refractivity contribution in [3.63, 3.8) is 0 Å². The van der Waals surface area contributed by atoms with Crippen molar-refractivity contribution in [1.82, 2.24) is 4.98 Å². The second kappa shape index (κ2) is 5.62. The molecule has 0 aliphatic heterocycles. The molecular formula is C19H12N2O3. The van der Waals surface area contributed by atoms with Gasteiger partial charge in [-0.15, -0.1) is 0 Å². The molecule has 0 saturated heterocycles. The van der Waals surface area contributed by atoms with Gasteiger partial charge in [-0.2, -0.15) is 0 Å². The number of aliphatic imine (C=N–C) groups is 1. The van der Waals surface area contributed by atoms with Crippen molar-refractivity contribution in [2.45, 2.75) is 0 Å². The van der Waals surface area contributed by atoms with Crippen LogP contribution in [0.4, 0.5) is 5.82 Å². The number of hydrogen-bond acceptors (Lipinski definition) is 5. The molecule has 1 N–H and O–H groups in total. The van der Waals surface area contributed by atoms with E-state index in [2.05, 4.69) is 9.98 Å². The summed E-state index contributed by atoms with van der Waals surface area (Å²) in [6, 6.07) is 16.4. The predicted molar refractivity (Wildman–Crippen MR) is 93.1 cm³/mol. The van der Waals surface area contributed by atoms with E-state index < -0.39 is 5.63 Å². The highest BCUT2D eigenvalue weighted by atomic mass is 16.4. The molecule has 0 bridgehead atoms. The Kier molecular flexibility index (Phi) is 3.31. The van der Waals surface area contributed by atoms with Gasteiger partial charge in [0.2, 0.25) is 0 Å². The molecule has 2 aromatic carbocycles. The summed E-state index contributed by atoms with van der Waals surface area (Å²) in [5.41, 5.74) is -0.273. The molecule has 4 aromatic rings. The van der Waals surface area contributed by atoms with E-state index in [1.54, 1.807) is 30.5 Å². The van der Waals surface area contributed by atoms with Gasteiger partial charge < -0.3 is 9.52 Å². The van der Waals surface area contributed by atoms with Gasteiger partial charge in [0, 0.05) is 17.8 Å². The first kappa shape index (κ1) is 14.1. The van der Waals surface area contributed by atoms with Gasteiger partial charge in [-0.1, -0.05) is 36.4 Å². The molecule has 116 valence electrons. The Morgan fingerprint density at radius 2 is 1.83 bits per heavy atom. The number of nitrogens with zero attached hydrogens (tertiary/aromatic N) is 2. The predicted octanol–water partition coefficient (Wildman–Crippen LogP) is 3.80. The van der Waals surface area contributed by atoms with Gasteiger partial charge in [-0.25, -0.2) is 14.8 Å². The molecule has 0 aliphatic carbocycles. The number of aromatic nitrogens is 1. The Morgan fingerprint density at radius 3 is 2.67 bits per heavy atom. The molecular weight excluding hydrogens is 304 g/mol. The van der Waals surface area contributed by atoms with Crippen LogP contribution in [0.3, 0.4) is 0 Å². The molecule has 24 heavy (non-hydrogen) atoms. The van der Waals surface area contributed by atoms with Crippen molar-refractivity contribution >= 4 is 33.8 Å². The normalized spacial score (nSPS) is 11.5. The molecule has 0 atom stereocenters. The molecule has 5 heteroatoms. The Morgan fingerprint density at radius 1 is 1.00 bits per heavy atom. The second-order valence-electron chi connectivity index (χ2n) is 5.26. The maximum absolute atomic E-state index is 12.3. The molecule has 4 rings (SSSR count). The summed E-state index contributed by atoms with van der Waals surface area (Å²) in [4.78, 5) is 20.4. The zero-order valence-corrected chi connectivity index (χ0v) is 12.5. The SMILES string of the molecule is O=c1oc2c(ccc3ccccc32)c(O)c1C=Nc1ccccn1. The molecule has 0 aliphatic rings. The maximum atomic E-state index is 12.3. The van der Waals surface area contributed by atoms with Gasteiger partial charge in [0.1, 0.15) is 16.9 Å². The molecule has 0 fully saturated rings. The van der Waals surface area contributed by atoms with E-state index in [4.69, 9.17) is 4.42 Å². The van der Waals surface area contributed by atoms with Crippen LogP contribution in [-0.4, -0.2) is 16.3 Å². The van der Waals surface area contributed by atoms with Crippen LogP contribution in [0.25, 0.3) is 21.7 Å². The molecule has 0 unspecified atom stereocenters. The third kappa shape index (κ3) is 2.32. The van der Waals surface area contributed by atoms with E-state index in [0.717, 1.165) is 10.8 Å². The van der Waals surface area contributed by atoms with Crippen LogP contribution in [0.1, 0.15) is 5.56 Å². The van der Waals surface area contributed by atoms with Crippen molar-refractivity contribution < 1.29 is 9.52 Å². The topological polar surface area (TPSA) is 75.7 Å². The molecule has 0 radical (unpaired) electrons. The fourth-order valence-electron chi connectivity index (χ4n) is 2.60. The fraction of sp³-hybridized carbons (Fsp3) is 0. The van der Waals surface area contributed by atoms with E-state index in [-0.39, 0.29) is 11.3 Å². The monoisotopic (exact) mass is 316 g/mol. The van der Waals surface area contributed by atoms with Crippen LogP contribution in [0, 0.1) is 0 Å². The molecule has 2 heterocycles. The van der Waals surface area contributed by atoms with Crippen molar-refractivity contribution in [1.29, 1.82) is 0 Å². The van der Waals surface area contributed by atoms with Crippen LogP contribution >= 0.6 is 0 Å². The van der Waals surface area contributed by atoms with Crippen molar-refractivity contribution in [3.8, 4) is 5.75 Å². The summed E-state index contributed by atoms with van der Waals surface area (Å²) in [6.45, 7) is 0. The smallest absolute Gasteiger partial charge is 0.348 e. The third-order valence-electron chi connectivity index (χ3n) is 3.78. The first-order chi connectivity index (χ1) is 11.7. The number of aromatic hydroxyl groups is 1. The number of benzene rings is 2. The lowest BCUT2D eigenvalue weighted by Crippen LogP contribution is -2.07. The summed E-state index contributed by atoms with van der Waals surface area (Å²) < 4.78 is 5.45. The highest BCUT2D eigenvalue weighted by Gasteiger charge is 2.14. The fourth-order valence-corrected chi connectivity index (χ4v) is 2.60. The Hall–Kier alpha value is -3.47. The Bertz CT molecular complexity index is 1130. The lowest BCUT2D eigenvalue weighted by molar-refractivity contribution is 0.467. The number of rotatable bonds is 2. The number of fused-ring (bicyclic) bond motifs is 3. The highest BCUT2D eigenvalue weighted by molar-refractivity contribution is 6.07. The van der Waals surface area contributed by atoms with Crippen molar-refractivity contribution in [2.75, 3.05) is 0 Å². The van der Waals surface area contributed by atoms with Crippen LogP contribution in [-0.2, 0) is 0 Å². The van der Waals surface area contributed by atoms with Crippen LogP contribution in [0.5, 0.6) is 5.75 Å². The van der Waals surface area contributed by atoms with Crippen LogP contribution in [0.2, 0.25) is 0 Å². The minimum Gasteiger partial charge on any atom is -0.506 e. The van der Waals surface area contributed by atoms with Crippen LogP contribution in [0.15, 0.2) is 75.0 Å². The van der Waals surface area contributed by atoms with Crippen molar-refractivity contribution in [2.24, 2.45) is 4.99 Å². The van der Waals surface area contributed by atoms with Gasteiger partial charge in [-0.05, 0) is 23.6 Å². The van der Waals surface area contributed by atoms with Gasteiger partial charge >= 0.3 is 5.63 Å². The quantitative estimate of drug-likeness (QED) is 0.347.